The molecule has 3 rings (SSSR count). The first kappa shape index (κ1) is 14.9. The molecule has 0 saturated carbocycles. The van der Waals surface area contributed by atoms with Crippen LogP contribution in [0.2, 0.25) is 0 Å². The van der Waals surface area contributed by atoms with E-state index in [1.54, 1.807) is 6.07 Å². The van der Waals surface area contributed by atoms with Crippen LogP contribution in [0.25, 0.3) is 0 Å². The minimum atomic E-state index is -0.978. The zero-order valence-corrected chi connectivity index (χ0v) is 13.2. The van der Waals surface area contributed by atoms with Crippen LogP contribution in [0, 0.1) is 0 Å². The second kappa shape index (κ2) is 5.98. The quantitative estimate of drug-likeness (QED) is 0.902. The number of carboxylic acids is 1. The lowest BCUT2D eigenvalue weighted by molar-refractivity contribution is 0.0538. The number of carboxylic acid groups (broad SMARTS) is 1. The standard InChI is InChI=1S/C14H17NO4S2/c16-12(10-1-2-11(21-10)13(17)18)15-5-8-20-14(9-15)3-6-19-7-4-14/h1-2H,3-9H2,(H,17,18). The van der Waals surface area contributed by atoms with Gasteiger partial charge in [0.15, 0.2) is 0 Å². The predicted octanol–water partition coefficient (Wildman–Crippen LogP) is 2.18. The van der Waals surface area contributed by atoms with Crippen LogP contribution < -0.4 is 0 Å². The number of thiophene rings is 1. The number of amides is 1. The zero-order chi connectivity index (χ0) is 14.9. The van der Waals surface area contributed by atoms with E-state index in [9.17, 15) is 9.59 Å². The SMILES string of the molecule is O=C(O)c1ccc(C(=O)N2CCSC3(CCOCC3)C2)s1. The number of hydrogen-bond donors (Lipinski definition) is 1. The summed E-state index contributed by atoms with van der Waals surface area (Å²) in [5.41, 5.74) is 0. The molecule has 114 valence electrons. The van der Waals surface area contributed by atoms with Crippen LogP contribution in [0.4, 0.5) is 0 Å². The van der Waals surface area contributed by atoms with Crippen molar-refractivity contribution in [1.82, 2.24) is 4.90 Å². The van der Waals surface area contributed by atoms with Crippen molar-refractivity contribution in [3.63, 3.8) is 0 Å². The van der Waals surface area contributed by atoms with Crippen molar-refractivity contribution in [1.29, 1.82) is 0 Å². The molecule has 1 aromatic heterocycles. The molecule has 2 aliphatic heterocycles. The third-order valence-electron chi connectivity index (χ3n) is 3.97. The first-order valence-corrected chi connectivity index (χ1v) is 8.74. The van der Waals surface area contributed by atoms with Crippen LogP contribution in [0.5, 0.6) is 0 Å². The maximum atomic E-state index is 12.6. The van der Waals surface area contributed by atoms with Crippen molar-refractivity contribution in [2.24, 2.45) is 0 Å². The fraction of sp³-hybridized carbons (Fsp3) is 0.571. The minimum Gasteiger partial charge on any atom is -0.477 e. The van der Waals surface area contributed by atoms with E-state index >= 15 is 0 Å². The van der Waals surface area contributed by atoms with Gasteiger partial charge in [-0.25, -0.2) is 4.79 Å². The number of carbonyl (C=O) groups excluding carboxylic acids is 1. The number of hydrogen-bond acceptors (Lipinski definition) is 5. The van der Waals surface area contributed by atoms with Crippen LogP contribution in [0.3, 0.4) is 0 Å². The van der Waals surface area contributed by atoms with Crippen LogP contribution >= 0.6 is 23.1 Å². The van der Waals surface area contributed by atoms with Gasteiger partial charge >= 0.3 is 5.97 Å². The normalized spacial score (nSPS) is 21.4. The third-order valence-corrected chi connectivity index (χ3v) is 6.56. The summed E-state index contributed by atoms with van der Waals surface area (Å²) >= 11 is 3.00. The number of ether oxygens (including phenoxy) is 1. The topological polar surface area (TPSA) is 66.8 Å². The Labute approximate surface area is 131 Å². The largest absolute Gasteiger partial charge is 0.477 e. The number of aromatic carboxylic acids is 1. The lowest BCUT2D eigenvalue weighted by Crippen LogP contribution is -2.51. The highest BCUT2D eigenvalue weighted by Crippen LogP contribution is 2.39. The van der Waals surface area contributed by atoms with Crippen LogP contribution in [0.15, 0.2) is 12.1 Å². The fourth-order valence-electron chi connectivity index (χ4n) is 2.79. The molecule has 21 heavy (non-hydrogen) atoms. The Morgan fingerprint density at radius 1 is 1.24 bits per heavy atom. The zero-order valence-electron chi connectivity index (χ0n) is 11.5. The molecule has 2 saturated heterocycles. The number of thioether (sulfide) groups is 1. The first-order valence-electron chi connectivity index (χ1n) is 6.94. The Morgan fingerprint density at radius 3 is 2.62 bits per heavy atom. The van der Waals surface area contributed by atoms with Crippen molar-refractivity contribution in [2.45, 2.75) is 17.6 Å². The molecule has 0 aromatic carbocycles. The van der Waals surface area contributed by atoms with Gasteiger partial charge in [-0.2, -0.15) is 11.8 Å². The van der Waals surface area contributed by atoms with Gasteiger partial charge in [-0.05, 0) is 25.0 Å². The minimum absolute atomic E-state index is 0.0429. The molecule has 0 unspecified atom stereocenters. The van der Waals surface area contributed by atoms with Gasteiger partial charge in [0.05, 0.1) is 4.88 Å². The van der Waals surface area contributed by atoms with Crippen molar-refractivity contribution in [3.05, 3.63) is 21.9 Å². The highest BCUT2D eigenvalue weighted by atomic mass is 32.2. The molecule has 2 fully saturated rings. The first-order chi connectivity index (χ1) is 10.1. The van der Waals surface area contributed by atoms with Gasteiger partial charge < -0.3 is 14.7 Å². The Balaban J connectivity index is 1.73. The summed E-state index contributed by atoms with van der Waals surface area (Å²) in [4.78, 5) is 26.1. The monoisotopic (exact) mass is 327 g/mol. The van der Waals surface area contributed by atoms with E-state index in [1.165, 1.54) is 6.07 Å². The van der Waals surface area contributed by atoms with E-state index in [-0.39, 0.29) is 15.5 Å². The summed E-state index contributed by atoms with van der Waals surface area (Å²) in [6, 6.07) is 3.12. The Bertz CT molecular complexity index is 545. The molecule has 0 aliphatic carbocycles. The Morgan fingerprint density at radius 2 is 1.95 bits per heavy atom. The number of rotatable bonds is 2. The molecular weight excluding hydrogens is 310 g/mol. The Hall–Kier alpha value is -1.05. The Kier molecular flexibility index (Phi) is 4.24. The summed E-state index contributed by atoms with van der Waals surface area (Å²) in [7, 11) is 0. The molecule has 1 N–H and O–H groups in total. The van der Waals surface area contributed by atoms with E-state index in [2.05, 4.69) is 0 Å². The summed E-state index contributed by atoms with van der Waals surface area (Å²) in [5, 5.41) is 8.96. The van der Waals surface area contributed by atoms with Gasteiger partial charge in [-0.1, -0.05) is 0 Å². The van der Waals surface area contributed by atoms with E-state index in [0.29, 0.717) is 4.88 Å². The van der Waals surface area contributed by atoms with Gasteiger partial charge in [0, 0.05) is 36.8 Å². The van der Waals surface area contributed by atoms with E-state index in [1.807, 2.05) is 16.7 Å². The van der Waals surface area contributed by atoms with Gasteiger partial charge in [0.25, 0.3) is 5.91 Å². The molecule has 0 bridgehead atoms. The predicted molar refractivity (Wildman–Crippen MR) is 82.4 cm³/mol. The molecule has 5 nitrogen and oxygen atoms in total. The van der Waals surface area contributed by atoms with E-state index < -0.39 is 5.97 Å². The average Bonchev–Trinajstić information content (AvgIpc) is 2.97. The van der Waals surface area contributed by atoms with Crippen molar-refractivity contribution < 1.29 is 19.4 Å². The molecule has 0 radical (unpaired) electrons. The van der Waals surface area contributed by atoms with Gasteiger partial charge in [-0.15, -0.1) is 11.3 Å². The highest BCUT2D eigenvalue weighted by molar-refractivity contribution is 8.00. The molecule has 7 heteroatoms. The number of carbonyl (C=O) groups is 2. The van der Waals surface area contributed by atoms with Crippen LogP contribution in [0.1, 0.15) is 32.2 Å². The molecule has 1 amide bonds. The van der Waals surface area contributed by atoms with Gasteiger partial charge in [0.1, 0.15) is 4.88 Å². The summed E-state index contributed by atoms with van der Waals surface area (Å²) in [6.07, 6.45) is 1.96. The summed E-state index contributed by atoms with van der Waals surface area (Å²) < 4.78 is 5.55. The average molecular weight is 327 g/mol. The van der Waals surface area contributed by atoms with E-state index in [4.69, 9.17) is 9.84 Å². The lowest BCUT2D eigenvalue weighted by Gasteiger charge is -2.44. The summed E-state index contributed by atoms with van der Waals surface area (Å²) in [6.45, 7) is 2.99. The summed E-state index contributed by atoms with van der Waals surface area (Å²) in [5.74, 6) is -0.0871. The molecule has 2 aliphatic rings. The maximum absolute atomic E-state index is 12.6. The molecule has 0 atom stereocenters. The maximum Gasteiger partial charge on any atom is 0.345 e. The van der Waals surface area contributed by atoms with Gasteiger partial charge in [0.2, 0.25) is 0 Å². The van der Waals surface area contributed by atoms with Crippen LogP contribution in [-0.4, -0.2) is 58.7 Å². The second-order valence-corrected chi connectivity index (χ2v) is 7.99. The van der Waals surface area contributed by atoms with Crippen molar-refractivity contribution in [2.75, 3.05) is 32.1 Å². The second-order valence-electron chi connectivity index (χ2n) is 5.34. The van der Waals surface area contributed by atoms with E-state index in [0.717, 1.165) is 56.2 Å². The lowest BCUT2D eigenvalue weighted by atomic mass is 9.98. The van der Waals surface area contributed by atoms with Gasteiger partial charge in [-0.3, -0.25) is 4.79 Å². The fourth-order valence-corrected chi connectivity index (χ4v) is 5.05. The van der Waals surface area contributed by atoms with Crippen molar-refractivity contribution in [3.8, 4) is 0 Å². The molecular formula is C14H17NO4S2. The molecule has 1 spiro atoms. The van der Waals surface area contributed by atoms with Crippen LogP contribution in [-0.2, 0) is 4.74 Å². The van der Waals surface area contributed by atoms with Crippen molar-refractivity contribution >= 4 is 35.0 Å². The number of nitrogens with zero attached hydrogens (tertiary/aromatic N) is 1. The smallest absolute Gasteiger partial charge is 0.345 e. The highest BCUT2D eigenvalue weighted by Gasteiger charge is 2.39. The third kappa shape index (κ3) is 3.09. The molecule has 1 aromatic rings. The molecule has 3 heterocycles.